The number of nitrogens with one attached hydrogen (secondary N) is 1. The lowest BCUT2D eigenvalue weighted by atomic mass is 10.2. The summed E-state index contributed by atoms with van der Waals surface area (Å²) in [5.74, 6) is 0.862. The maximum absolute atomic E-state index is 12.9. The molecule has 0 unspecified atom stereocenters. The number of ether oxygens (including phenoxy) is 2. The van der Waals surface area contributed by atoms with E-state index in [9.17, 15) is 21.6 Å². The Kier molecular flexibility index (Phi) is 4.74. The first-order valence-electron chi connectivity index (χ1n) is 8.78. The van der Waals surface area contributed by atoms with Crippen LogP contribution in [0.3, 0.4) is 0 Å². The number of halogens is 3. The molecule has 152 valence electrons. The molecule has 0 saturated heterocycles. The number of hydrogen-bond donors (Lipinski definition) is 1. The van der Waals surface area contributed by atoms with Crippen LogP contribution in [0.2, 0.25) is 0 Å². The maximum atomic E-state index is 12.9. The lowest BCUT2D eigenvalue weighted by Crippen LogP contribution is -2.28. The Labute approximate surface area is 159 Å². The number of rotatable bonds is 6. The highest BCUT2D eigenvalue weighted by Crippen LogP contribution is 2.42. The summed E-state index contributed by atoms with van der Waals surface area (Å²) in [6, 6.07) is 5.31. The minimum atomic E-state index is -4.53. The van der Waals surface area contributed by atoms with Crippen LogP contribution in [0.4, 0.5) is 13.2 Å². The van der Waals surface area contributed by atoms with Gasteiger partial charge in [0.15, 0.2) is 17.2 Å². The standard InChI is InChI=1S/C17H18F3N3O4S/c18-17(19,20)16-10-13(11-1-2-11)23(22-16)6-5-21-28(24,25)12-3-4-14-15(9-12)27-8-7-26-14/h3-4,9-11,21H,1-2,5-8H2. The molecule has 0 spiro atoms. The summed E-state index contributed by atoms with van der Waals surface area (Å²) >= 11 is 0. The van der Waals surface area contributed by atoms with Gasteiger partial charge in [0.1, 0.15) is 13.2 Å². The van der Waals surface area contributed by atoms with Gasteiger partial charge in [-0.3, -0.25) is 4.68 Å². The van der Waals surface area contributed by atoms with E-state index in [-0.39, 0.29) is 23.9 Å². The van der Waals surface area contributed by atoms with Gasteiger partial charge in [0.25, 0.3) is 0 Å². The lowest BCUT2D eigenvalue weighted by molar-refractivity contribution is -0.141. The Hall–Kier alpha value is -2.27. The van der Waals surface area contributed by atoms with Crippen LogP contribution in [-0.4, -0.2) is 38.0 Å². The fourth-order valence-corrected chi connectivity index (χ4v) is 4.05. The maximum Gasteiger partial charge on any atom is 0.435 e. The summed E-state index contributed by atoms with van der Waals surface area (Å²) in [5, 5.41) is 3.61. The Bertz CT molecular complexity index is 984. The van der Waals surface area contributed by atoms with Crippen molar-refractivity contribution in [2.45, 2.75) is 36.4 Å². The van der Waals surface area contributed by atoms with Crippen LogP contribution in [0.1, 0.15) is 30.1 Å². The van der Waals surface area contributed by atoms with Gasteiger partial charge < -0.3 is 9.47 Å². The molecule has 1 N–H and O–H groups in total. The van der Waals surface area contributed by atoms with Crippen molar-refractivity contribution < 1.29 is 31.1 Å². The van der Waals surface area contributed by atoms with Crippen molar-refractivity contribution in [1.82, 2.24) is 14.5 Å². The second kappa shape index (κ2) is 6.96. The van der Waals surface area contributed by atoms with Crippen LogP contribution in [0, 0.1) is 0 Å². The number of hydrogen-bond acceptors (Lipinski definition) is 5. The quantitative estimate of drug-likeness (QED) is 0.781. The van der Waals surface area contributed by atoms with Gasteiger partial charge in [0.2, 0.25) is 10.0 Å². The molecule has 7 nitrogen and oxygen atoms in total. The molecule has 2 aliphatic rings. The van der Waals surface area contributed by atoms with Gasteiger partial charge in [-0.15, -0.1) is 0 Å². The van der Waals surface area contributed by atoms with E-state index in [1.165, 1.54) is 22.9 Å². The first-order chi connectivity index (χ1) is 13.2. The molecule has 0 amide bonds. The molecular formula is C17H18F3N3O4S. The Morgan fingerprint density at radius 1 is 1.14 bits per heavy atom. The normalized spacial score (nSPS) is 17.0. The number of alkyl halides is 3. The van der Waals surface area contributed by atoms with E-state index in [1.54, 1.807) is 0 Å². The summed E-state index contributed by atoms with van der Waals surface area (Å²) in [5.41, 5.74) is -0.463. The molecule has 1 aromatic heterocycles. The van der Waals surface area contributed by atoms with Crippen molar-refractivity contribution in [3.63, 3.8) is 0 Å². The largest absolute Gasteiger partial charge is 0.486 e. The third-order valence-corrected chi connectivity index (χ3v) is 6.00. The van der Waals surface area contributed by atoms with Gasteiger partial charge in [-0.25, -0.2) is 13.1 Å². The van der Waals surface area contributed by atoms with Gasteiger partial charge in [-0.2, -0.15) is 18.3 Å². The van der Waals surface area contributed by atoms with Crippen LogP contribution in [0.5, 0.6) is 11.5 Å². The van der Waals surface area contributed by atoms with Crippen LogP contribution in [0.15, 0.2) is 29.2 Å². The van der Waals surface area contributed by atoms with E-state index in [4.69, 9.17) is 9.47 Å². The summed E-state index contributed by atoms with van der Waals surface area (Å²) in [6.45, 7) is 0.639. The monoisotopic (exact) mass is 417 g/mol. The van der Waals surface area contributed by atoms with Gasteiger partial charge in [-0.05, 0) is 31.0 Å². The van der Waals surface area contributed by atoms with Crippen LogP contribution in [-0.2, 0) is 22.7 Å². The molecule has 1 fully saturated rings. The smallest absolute Gasteiger partial charge is 0.435 e. The molecule has 28 heavy (non-hydrogen) atoms. The Balaban J connectivity index is 1.45. The molecule has 1 saturated carbocycles. The average molecular weight is 417 g/mol. The fourth-order valence-electron chi connectivity index (χ4n) is 3.02. The molecule has 0 bridgehead atoms. The predicted molar refractivity (Wildman–Crippen MR) is 91.8 cm³/mol. The minimum absolute atomic E-state index is 0.00406. The number of fused-ring (bicyclic) bond motifs is 1. The van der Waals surface area contributed by atoms with Gasteiger partial charge >= 0.3 is 6.18 Å². The van der Waals surface area contributed by atoms with E-state index in [0.29, 0.717) is 30.4 Å². The van der Waals surface area contributed by atoms with Crippen LogP contribution >= 0.6 is 0 Å². The van der Waals surface area contributed by atoms with Crippen LogP contribution < -0.4 is 14.2 Å². The molecule has 0 atom stereocenters. The van der Waals surface area contributed by atoms with Crippen molar-refractivity contribution in [2.75, 3.05) is 19.8 Å². The molecule has 1 aliphatic heterocycles. The van der Waals surface area contributed by atoms with Gasteiger partial charge in [-0.1, -0.05) is 0 Å². The van der Waals surface area contributed by atoms with Gasteiger partial charge in [0, 0.05) is 24.2 Å². The molecule has 1 aliphatic carbocycles. The number of benzene rings is 1. The molecule has 2 aromatic rings. The third kappa shape index (κ3) is 3.95. The van der Waals surface area contributed by atoms with E-state index in [1.807, 2.05) is 0 Å². The highest BCUT2D eigenvalue weighted by atomic mass is 32.2. The van der Waals surface area contributed by atoms with Crippen molar-refractivity contribution in [3.05, 3.63) is 35.7 Å². The molecule has 0 radical (unpaired) electrons. The van der Waals surface area contributed by atoms with E-state index >= 15 is 0 Å². The van der Waals surface area contributed by atoms with E-state index in [0.717, 1.165) is 18.9 Å². The summed E-state index contributed by atoms with van der Waals surface area (Å²) in [6.07, 6.45) is -2.91. The van der Waals surface area contributed by atoms with Crippen molar-refractivity contribution in [2.24, 2.45) is 0 Å². The van der Waals surface area contributed by atoms with E-state index in [2.05, 4.69) is 9.82 Å². The lowest BCUT2D eigenvalue weighted by Gasteiger charge is -2.19. The predicted octanol–water partition coefficient (Wildman–Crippen LogP) is 2.53. The first-order valence-corrected chi connectivity index (χ1v) is 10.3. The average Bonchev–Trinajstić information content (AvgIpc) is 3.40. The molecular weight excluding hydrogens is 399 g/mol. The zero-order valence-corrected chi connectivity index (χ0v) is 15.5. The SMILES string of the molecule is O=S(=O)(NCCn1nc(C(F)(F)F)cc1C1CC1)c1ccc2c(c1)OCCO2. The summed E-state index contributed by atoms with van der Waals surface area (Å²) < 4.78 is 78.1. The second-order valence-electron chi connectivity index (χ2n) is 6.65. The van der Waals surface area contributed by atoms with Crippen LogP contribution in [0.25, 0.3) is 0 Å². The highest BCUT2D eigenvalue weighted by Gasteiger charge is 2.37. The summed E-state index contributed by atoms with van der Waals surface area (Å²) in [7, 11) is -3.85. The molecule has 4 rings (SSSR count). The second-order valence-corrected chi connectivity index (χ2v) is 8.42. The molecule has 1 aromatic carbocycles. The number of sulfonamides is 1. The summed E-state index contributed by atoms with van der Waals surface area (Å²) in [4.78, 5) is -0.00406. The van der Waals surface area contributed by atoms with Crippen molar-refractivity contribution in [3.8, 4) is 11.5 Å². The zero-order chi connectivity index (χ0) is 19.9. The van der Waals surface area contributed by atoms with Gasteiger partial charge in [0.05, 0.1) is 11.4 Å². The fraction of sp³-hybridized carbons (Fsp3) is 0.471. The van der Waals surface area contributed by atoms with E-state index < -0.39 is 21.9 Å². The Morgan fingerprint density at radius 2 is 1.86 bits per heavy atom. The topological polar surface area (TPSA) is 82.5 Å². The first kappa shape index (κ1) is 19.1. The Morgan fingerprint density at radius 3 is 2.54 bits per heavy atom. The minimum Gasteiger partial charge on any atom is -0.486 e. The third-order valence-electron chi connectivity index (χ3n) is 4.54. The molecule has 11 heteroatoms. The van der Waals surface area contributed by atoms with Crippen molar-refractivity contribution >= 4 is 10.0 Å². The zero-order valence-electron chi connectivity index (χ0n) is 14.7. The number of aromatic nitrogens is 2. The molecule has 2 heterocycles. The number of nitrogens with zero attached hydrogens (tertiary/aromatic N) is 2. The highest BCUT2D eigenvalue weighted by molar-refractivity contribution is 7.89. The van der Waals surface area contributed by atoms with Crippen molar-refractivity contribution in [1.29, 1.82) is 0 Å².